The molecule has 1 fully saturated rings. The Balaban J connectivity index is 1.81. The molecule has 1 saturated carbocycles. The minimum Gasteiger partial charge on any atom is -0.310 e. The average Bonchev–Trinajstić information content (AvgIpc) is 2.25. The molecule has 1 aromatic carbocycles. The van der Waals surface area contributed by atoms with E-state index < -0.39 is 0 Å². The van der Waals surface area contributed by atoms with Crippen LogP contribution in [0.15, 0.2) is 18.2 Å². The molecule has 1 atom stereocenters. The average molecular weight is 256 g/mol. The monoisotopic (exact) mass is 255 g/mol. The maximum absolute atomic E-state index is 13.3. The molecule has 3 heteroatoms. The molecule has 0 aromatic heterocycles. The van der Waals surface area contributed by atoms with Crippen molar-refractivity contribution in [3.05, 3.63) is 34.6 Å². The van der Waals surface area contributed by atoms with Gasteiger partial charge >= 0.3 is 0 Å². The Kier molecular flexibility index (Phi) is 4.41. The molecular weight excluding hydrogens is 237 g/mol. The van der Waals surface area contributed by atoms with Gasteiger partial charge in [-0.1, -0.05) is 36.9 Å². The molecular formula is C14H19ClFN. The van der Waals surface area contributed by atoms with E-state index >= 15 is 0 Å². The Morgan fingerprint density at radius 2 is 2.24 bits per heavy atom. The molecule has 0 saturated heterocycles. The van der Waals surface area contributed by atoms with Gasteiger partial charge in [-0.05, 0) is 43.5 Å². The zero-order valence-electron chi connectivity index (χ0n) is 10.2. The number of benzene rings is 1. The van der Waals surface area contributed by atoms with Crippen LogP contribution in [0.3, 0.4) is 0 Å². The predicted octanol–water partition coefficient (Wildman–Crippen LogP) is 4.32. The van der Waals surface area contributed by atoms with Crippen molar-refractivity contribution in [1.29, 1.82) is 0 Å². The molecule has 0 radical (unpaired) electrons. The second-order valence-corrected chi connectivity index (χ2v) is 5.34. The van der Waals surface area contributed by atoms with Gasteiger partial charge in [-0.25, -0.2) is 4.39 Å². The van der Waals surface area contributed by atoms with Crippen molar-refractivity contribution in [1.82, 2.24) is 5.32 Å². The van der Waals surface area contributed by atoms with E-state index in [4.69, 9.17) is 11.6 Å². The summed E-state index contributed by atoms with van der Waals surface area (Å²) in [4.78, 5) is 0. The molecule has 17 heavy (non-hydrogen) atoms. The van der Waals surface area contributed by atoms with E-state index in [9.17, 15) is 4.39 Å². The highest BCUT2D eigenvalue weighted by molar-refractivity contribution is 6.30. The van der Waals surface area contributed by atoms with E-state index in [0.29, 0.717) is 0 Å². The second kappa shape index (κ2) is 5.83. The Labute approximate surface area is 107 Å². The quantitative estimate of drug-likeness (QED) is 0.826. The zero-order chi connectivity index (χ0) is 12.3. The largest absolute Gasteiger partial charge is 0.310 e. The van der Waals surface area contributed by atoms with Crippen LogP contribution in [0.25, 0.3) is 0 Å². The van der Waals surface area contributed by atoms with Crippen LogP contribution in [0, 0.1) is 11.7 Å². The Morgan fingerprint density at radius 3 is 2.82 bits per heavy atom. The van der Waals surface area contributed by atoms with Crippen LogP contribution in [0.4, 0.5) is 4.39 Å². The second-order valence-electron chi connectivity index (χ2n) is 4.93. The van der Waals surface area contributed by atoms with Gasteiger partial charge in [-0.2, -0.15) is 0 Å². The lowest BCUT2D eigenvalue weighted by atomic mass is 9.83. The van der Waals surface area contributed by atoms with E-state index in [0.717, 1.165) is 18.0 Å². The minimum atomic E-state index is -0.336. The molecule has 1 aliphatic rings. The molecule has 94 valence electrons. The van der Waals surface area contributed by atoms with Crippen molar-refractivity contribution < 1.29 is 4.39 Å². The SMILES string of the molecule is CC(NCCC1CCC1)c1ccc(Cl)c(F)c1. The molecule has 1 unspecified atom stereocenters. The van der Waals surface area contributed by atoms with Crippen LogP contribution < -0.4 is 5.32 Å². The highest BCUT2D eigenvalue weighted by Crippen LogP contribution is 2.29. The Morgan fingerprint density at radius 1 is 1.47 bits per heavy atom. The van der Waals surface area contributed by atoms with Crippen LogP contribution in [0.5, 0.6) is 0 Å². The lowest BCUT2D eigenvalue weighted by Crippen LogP contribution is -2.24. The first-order valence-corrected chi connectivity index (χ1v) is 6.73. The summed E-state index contributed by atoms with van der Waals surface area (Å²) in [7, 11) is 0. The van der Waals surface area contributed by atoms with Gasteiger partial charge in [0.1, 0.15) is 5.82 Å². The molecule has 1 aromatic rings. The topological polar surface area (TPSA) is 12.0 Å². The summed E-state index contributed by atoms with van der Waals surface area (Å²) >= 11 is 5.66. The Bertz CT molecular complexity index is 376. The van der Waals surface area contributed by atoms with Crippen LogP contribution >= 0.6 is 11.6 Å². The van der Waals surface area contributed by atoms with Crippen molar-refractivity contribution in [3.63, 3.8) is 0 Å². The summed E-state index contributed by atoms with van der Waals surface area (Å²) < 4.78 is 13.3. The molecule has 1 aliphatic carbocycles. The van der Waals surface area contributed by atoms with E-state index in [1.54, 1.807) is 6.07 Å². The number of nitrogens with one attached hydrogen (secondary N) is 1. The summed E-state index contributed by atoms with van der Waals surface area (Å²) in [5.74, 6) is 0.577. The maximum Gasteiger partial charge on any atom is 0.142 e. The van der Waals surface area contributed by atoms with Crippen molar-refractivity contribution in [3.8, 4) is 0 Å². The molecule has 1 nitrogen and oxygen atoms in total. The highest BCUT2D eigenvalue weighted by atomic mass is 35.5. The third kappa shape index (κ3) is 3.43. The fourth-order valence-corrected chi connectivity index (χ4v) is 2.30. The summed E-state index contributed by atoms with van der Waals surface area (Å²) in [6, 6.07) is 5.20. The standard InChI is InChI=1S/C14H19ClFN/c1-10(17-8-7-11-3-2-4-11)12-5-6-13(15)14(16)9-12/h5-6,9-11,17H,2-4,7-8H2,1H3. The third-order valence-corrected chi connectivity index (χ3v) is 3.98. The first-order valence-electron chi connectivity index (χ1n) is 6.35. The van der Waals surface area contributed by atoms with Crippen molar-refractivity contribution in [2.75, 3.05) is 6.54 Å². The normalized spacial score (nSPS) is 17.8. The van der Waals surface area contributed by atoms with Gasteiger partial charge in [-0.3, -0.25) is 0 Å². The third-order valence-electron chi connectivity index (χ3n) is 3.67. The summed E-state index contributed by atoms with van der Waals surface area (Å²) in [5, 5.41) is 3.63. The summed E-state index contributed by atoms with van der Waals surface area (Å²) in [6.07, 6.45) is 5.39. The lowest BCUT2D eigenvalue weighted by molar-refractivity contribution is 0.288. The molecule has 0 spiro atoms. The molecule has 0 heterocycles. The predicted molar refractivity (Wildman–Crippen MR) is 69.8 cm³/mol. The number of hydrogen-bond acceptors (Lipinski definition) is 1. The van der Waals surface area contributed by atoms with Gasteiger partial charge < -0.3 is 5.32 Å². The summed E-state index contributed by atoms with van der Waals surface area (Å²) in [6.45, 7) is 3.07. The molecule has 0 aliphatic heterocycles. The van der Waals surface area contributed by atoms with Crippen molar-refractivity contribution >= 4 is 11.6 Å². The van der Waals surface area contributed by atoms with E-state index in [2.05, 4.69) is 12.2 Å². The molecule has 1 N–H and O–H groups in total. The molecule has 0 amide bonds. The molecule has 0 bridgehead atoms. The fourth-order valence-electron chi connectivity index (χ4n) is 2.19. The van der Waals surface area contributed by atoms with Crippen LogP contribution in [0.1, 0.15) is 44.2 Å². The van der Waals surface area contributed by atoms with Gasteiger partial charge in [0.05, 0.1) is 5.02 Å². The highest BCUT2D eigenvalue weighted by Gasteiger charge is 2.17. The molecule has 2 rings (SSSR count). The first-order chi connectivity index (χ1) is 8.16. The van der Waals surface area contributed by atoms with Crippen molar-refractivity contribution in [2.24, 2.45) is 5.92 Å². The van der Waals surface area contributed by atoms with Crippen LogP contribution in [-0.2, 0) is 0 Å². The van der Waals surface area contributed by atoms with Gasteiger partial charge in [-0.15, -0.1) is 0 Å². The van der Waals surface area contributed by atoms with Gasteiger partial charge in [0.2, 0.25) is 0 Å². The first kappa shape index (κ1) is 12.8. The number of rotatable bonds is 5. The van der Waals surface area contributed by atoms with Gasteiger partial charge in [0.25, 0.3) is 0 Å². The summed E-state index contributed by atoms with van der Waals surface area (Å²) in [5.41, 5.74) is 0.959. The van der Waals surface area contributed by atoms with Gasteiger partial charge in [0.15, 0.2) is 0 Å². The lowest BCUT2D eigenvalue weighted by Gasteiger charge is -2.26. The maximum atomic E-state index is 13.3. The zero-order valence-corrected chi connectivity index (χ0v) is 10.9. The smallest absolute Gasteiger partial charge is 0.142 e. The van der Waals surface area contributed by atoms with Gasteiger partial charge in [0, 0.05) is 6.04 Å². The Hall–Kier alpha value is -0.600. The van der Waals surface area contributed by atoms with E-state index in [1.807, 2.05) is 6.07 Å². The number of hydrogen-bond donors (Lipinski definition) is 1. The van der Waals surface area contributed by atoms with Crippen molar-refractivity contribution in [2.45, 2.75) is 38.6 Å². The van der Waals surface area contributed by atoms with E-state index in [1.165, 1.54) is 31.7 Å². The number of halogens is 2. The van der Waals surface area contributed by atoms with Crippen LogP contribution in [0.2, 0.25) is 5.02 Å². The van der Waals surface area contributed by atoms with E-state index in [-0.39, 0.29) is 16.9 Å². The minimum absolute atomic E-state index is 0.182. The fraction of sp³-hybridized carbons (Fsp3) is 0.571. The van der Waals surface area contributed by atoms with Crippen LogP contribution in [-0.4, -0.2) is 6.54 Å².